The molecule has 2 heterocycles. The number of rotatable bonds is 7. The zero-order chi connectivity index (χ0) is 19.3. The Hall–Kier alpha value is -2.35. The van der Waals surface area contributed by atoms with Gasteiger partial charge < -0.3 is 29.1 Å². The van der Waals surface area contributed by atoms with Crippen LogP contribution in [-0.2, 0) is 6.54 Å². The average molecular weight is 390 g/mol. The molecule has 2 aliphatic rings. The predicted octanol–water partition coefficient (Wildman–Crippen LogP) is -0.722. The first-order chi connectivity index (χ1) is 13.7. The molecule has 150 valence electrons. The summed E-state index contributed by atoms with van der Waals surface area (Å²) < 4.78 is 29.8. The zero-order valence-corrected chi connectivity index (χ0v) is 15.8. The first kappa shape index (κ1) is 19.0. The molecule has 4 rings (SSSR count). The number of fused-ring (bicyclic) bond motifs is 1. The molecule has 7 heteroatoms. The Morgan fingerprint density at radius 3 is 2.57 bits per heavy atom. The van der Waals surface area contributed by atoms with E-state index >= 15 is 0 Å². The first-order valence-electron chi connectivity index (χ1n) is 9.78. The second-order valence-electron chi connectivity index (χ2n) is 7.46. The molecule has 1 saturated heterocycles. The zero-order valence-electron chi connectivity index (χ0n) is 15.8. The fourth-order valence-corrected chi connectivity index (χ4v) is 3.82. The number of hydrogen-bond donors (Lipinski definition) is 3. The van der Waals surface area contributed by atoms with E-state index in [1.807, 2.05) is 6.07 Å². The molecule has 0 bridgehead atoms. The summed E-state index contributed by atoms with van der Waals surface area (Å²) in [5.41, 5.74) is 1.25. The minimum atomic E-state index is -0.606. The third kappa shape index (κ3) is 4.73. The minimum absolute atomic E-state index is 0.109. The number of benzene rings is 2. The summed E-state index contributed by atoms with van der Waals surface area (Å²) in [5, 5.41) is 10.2. The molecule has 6 nitrogen and oxygen atoms in total. The number of aliphatic hydroxyl groups is 1. The molecule has 0 aliphatic carbocycles. The van der Waals surface area contributed by atoms with Crippen LogP contribution in [0.15, 0.2) is 42.5 Å². The Kier molecular flexibility index (Phi) is 5.95. The first-order valence-corrected chi connectivity index (χ1v) is 9.78. The van der Waals surface area contributed by atoms with Crippen molar-refractivity contribution in [2.75, 3.05) is 46.1 Å². The van der Waals surface area contributed by atoms with Crippen molar-refractivity contribution in [2.45, 2.75) is 12.6 Å². The molecule has 0 amide bonds. The molecule has 1 atom stereocenters. The van der Waals surface area contributed by atoms with E-state index in [9.17, 15) is 9.50 Å². The molecule has 2 aromatic rings. The highest BCUT2D eigenvalue weighted by Gasteiger charge is 2.26. The Balaban J connectivity index is 1.19. The maximum absolute atomic E-state index is 13.6. The van der Waals surface area contributed by atoms with Crippen LogP contribution in [-0.4, -0.2) is 57.3 Å². The number of piperazine rings is 1. The van der Waals surface area contributed by atoms with Gasteiger partial charge in [-0.1, -0.05) is 12.1 Å². The number of hydrogen-bond acceptors (Lipinski definition) is 4. The van der Waals surface area contributed by atoms with E-state index in [0.717, 1.165) is 44.2 Å². The summed E-state index contributed by atoms with van der Waals surface area (Å²) in [7, 11) is 0. The molecule has 2 aromatic carbocycles. The highest BCUT2D eigenvalue weighted by Crippen LogP contribution is 2.32. The highest BCUT2D eigenvalue weighted by atomic mass is 19.1. The van der Waals surface area contributed by atoms with Crippen LogP contribution in [0.4, 0.5) is 4.39 Å². The van der Waals surface area contributed by atoms with Crippen LogP contribution in [0.3, 0.4) is 0 Å². The van der Waals surface area contributed by atoms with Gasteiger partial charge in [0.05, 0.1) is 0 Å². The third-order valence-corrected chi connectivity index (χ3v) is 5.35. The van der Waals surface area contributed by atoms with Gasteiger partial charge in [0.15, 0.2) is 23.1 Å². The fraction of sp³-hybridized carbons (Fsp3) is 0.429. The molecule has 0 saturated carbocycles. The van der Waals surface area contributed by atoms with Gasteiger partial charge in [0, 0.05) is 5.56 Å². The number of para-hydroxylation sites is 1. The number of halogens is 1. The summed E-state index contributed by atoms with van der Waals surface area (Å²) in [6, 6.07) is 12.4. The van der Waals surface area contributed by atoms with Crippen LogP contribution < -0.4 is 24.0 Å². The third-order valence-electron chi connectivity index (χ3n) is 5.35. The van der Waals surface area contributed by atoms with Gasteiger partial charge in [-0.05, 0) is 30.3 Å². The molecule has 0 spiro atoms. The van der Waals surface area contributed by atoms with E-state index in [2.05, 4.69) is 12.1 Å². The van der Waals surface area contributed by atoms with Gasteiger partial charge in [0.25, 0.3) is 0 Å². The molecule has 3 N–H and O–H groups in total. The summed E-state index contributed by atoms with van der Waals surface area (Å²) in [4.78, 5) is 2.89. The number of aliphatic hydroxyl groups excluding tert-OH is 1. The minimum Gasteiger partial charge on any atom is -0.488 e. The van der Waals surface area contributed by atoms with Crippen LogP contribution in [0.25, 0.3) is 0 Å². The van der Waals surface area contributed by atoms with Gasteiger partial charge in [-0.15, -0.1) is 0 Å². The average Bonchev–Trinajstić information content (AvgIpc) is 3.17. The maximum Gasteiger partial charge on any atom is 0.231 e. The van der Waals surface area contributed by atoms with Crippen molar-refractivity contribution in [3.63, 3.8) is 0 Å². The van der Waals surface area contributed by atoms with E-state index < -0.39 is 11.9 Å². The van der Waals surface area contributed by atoms with Crippen molar-refractivity contribution in [1.29, 1.82) is 0 Å². The van der Waals surface area contributed by atoms with Crippen molar-refractivity contribution < 1.29 is 33.5 Å². The molecule has 0 radical (unpaired) electrons. The number of nitrogens with one attached hydrogen (secondary N) is 2. The van der Waals surface area contributed by atoms with Gasteiger partial charge in [-0.2, -0.15) is 0 Å². The van der Waals surface area contributed by atoms with Crippen molar-refractivity contribution in [2.24, 2.45) is 0 Å². The Morgan fingerprint density at radius 2 is 1.75 bits per heavy atom. The summed E-state index contributed by atoms with van der Waals surface area (Å²) in [6.45, 7) is 6.08. The Labute approximate surface area is 164 Å². The topological polar surface area (TPSA) is 56.8 Å². The molecule has 0 unspecified atom stereocenters. The van der Waals surface area contributed by atoms with Crippen molar-refractivity contribution in [3.05, 3.63) is 53.8 Å². The molecule has 2 aliphatic heterocycles. The Bertz CT molecular complexity index is 796. The van der Waals surface area contributed by atoms with Gasteiger partial charge in [-0.25, -0.2) is 4.39 Å². The fourth-order valence-electron chi connectivity index (χ4n) is 3.82. The highest BCUT2D eigenvalue weighted by molar-refractivity contribution is 5.44. The second-order valence-corrected chi connectivity index (χ2v) is 7.46. The van der Waals surface area contributed by atoms with E-state index in [1.54, 1.807) is 18.2 Å². The smallest absolute Gasteiger partial charge is 0.231 e. The number of ether oxygens (including phenoxy) is 3. The summed E-state index contributed by atoms with van der Waals surface area (Å²) in [5.74, 6) is 1.44. The van der Waals surface area contributed by atoms with Crippen molar-refractivity contribution >= 4 is 0 Å². The standard InChI is InChI=1S/C21H25FN2O4/c22-18-3-1-2-4-19(18)26-14-17(25)13-24-9-7-23(8-10-24)12-16-5-6-20-21(11-16)28-15-27-20/h1-6,11,17,25H,7-10,12-15H2/p+2/t17-/m1/s1. The lowest BCUT2D eigenvalue weighted by atomic mass is 10.1. The monoisotopic (exact) mass is 390 g/mol. The van der Waals surface area contributed by atoms with Crippen LogP contribution in [0.5, 0.6) is 17.2 Å². The predicted molar refractivity (Wildman–Crippen MR) is 100 cm³/mol. The van der Waals surface area contributed by atoms with E-state index in [1.165, 1.54) is 21.4 Å². The van der Waals surface area contributed by atoms with E-state index in [-0.39, 0.29) is 12.4 Å². The SMILES string of the molecule is O[C@@H](COc1ccccc1F)C[NH+]1CC[NH+](Cc2ccc3c(c2)OCO3)CC1. The largest absolute Gasteiger partial charge is 0.488 e. The van der Waals surface area contributed by atoms with Crippen LogP contribution >= 0.6 is 0 Å². The molecule has 28 heavy (non-hydrogen) atoms. The molecule has 0 aromatic heterocycles. The summed E-state index contributed by atoms with van der Waals surface area (Å²) >= 11 is 0. The van der Waals surface area contributed by atoms with Gasteiger partial charge in [-0.3, -0.25) is 0 Å². The number of quaternary nitrogens is 2. The van der Waals surface area contributed by atoms with Crippen LogP contribution in [0.2, 0.25) is 0 Å². The van der Waals surface area contributed by atoms with Gasteiger partial charge in [0.2, 0.25) is 6.79 Å². The Morgan fingerprint density at radius 1 is 1.00 bits per heavy atom. The molecule has 1 fully saturated rings. The lowest BCUT2D eigenvalue weighted by Crippen LogP contribution is -3.28. The van der Waals surface area contributed by atoms with E-state index in [0.29, 0.717) is 13.3 Å². The summed E-state index contributed by atoms with van der Waals surface area (Å²) in [6.07, 6.45) is -0.606. The second kappa shape index (κ2) is 8.77. The normalized spacial score (nSPS) is 22.1. The lowest BCUT2D eigenvalue weighted by Gasteiger charge is -2.30. The van der Waals surface area contributed by atoms with Crippen LogP contribution in [0.1, 0.15) is 5.56 Å². The van der Waals surface area contributed by atoms with Crippen molar-refractivity contribution in [1.82, 2.24) is 0 Å². The molecular weight excluding hydrogens is 363 g/mol. The van der Waals surface area contributed by atoms with Gasteiger partial charge >= 0.3 is 0 Å². The quantitative estimate of drug-likeness (QED) is 0.584. The molecular formula is C21H27FN2O4+2. The van der Waals surface area contributed by atoms with Crippen LogP contribution in [0, 0.1) is 5.82 Å². The lowest BCUT2D eigenvalue weighted by molar-refractivity contribution is -1.02. The van der Waals surface area contributed by atoms with E-state index in [4.69, 9.17) is 14.2 Å². The van der Waals surface area contributed by atoms with Gasteiger partial charge in [0.1, 0.15) is 52.0 Å². The maximum atomic E-state index is 13.6. The van der Waals surface area contributed by atoms with Crippen molar-refractivity contribution in [3.8, 4) is 17.2 Å².